The topological polar surface area (TPSA) is 81.7 Å². The highest BCUT2D eigenvalue weighted by molar-refractivity contribution is 9.10. The van der Waals surface area contributed by atoms with E-state index in [1.807, 2.05) is 0 Å². The maximum Gasteiger partial charge on any atom is 0.340 e. The van der Waals surface area contributed by atoms with Gasteiger partial charge in [-0.05, 0) is 48.5 Å². The molecule has 0 aliphatic rings. The Morgan fingerprint density at radius 3 is 2.26 bits per heavy atom. The molecule has 0 saturated heterocycles. The minimum atomic E-state index is -0.722. The number of rotatable bonds is 8. The highest BCUT2D eigenvalue weighted by Crippen LogP contribution is 2.18. The Bertz CT molecular complexity index is 1080. The molecule has 0 unspecified atom stereocenters. The number of ether oxygens (including phenoxy) is 2. The molecule has 158 valence electrons. The fourth-order valence-electron chi connectivity index (χ4n) is 2.56. The summed E-state index contributed by atoms with van der Waals surface area (Å²) >= 11 is 9.11. The normalized spacial score (nSPS) is 10.3. The van der Waals surface area contributed by atoms with E-state index < -0.39 is 18.5 Å². The standard InChI is InChI=1S/C23H17BrClNO5/c24-16-7-5-15(6-8-16)21(27)13-31-23(29)19-3-1-2-4-20(19)26-22(28)14-30-18-11-9-17(25)10-12-18/h1-12H,13-14H2,(H,26,28). The van der Waals surface area contributed by atoms with E-state index in [4.69, 9.17) is 21.1 Å². The summed E-state index contributed by atoms with van der Waals surface area (Å²) in [6.45, 7) is -0.671. The molecule has 0 bridgehead atoms. The van der Waals surface area contributed by atoms with Gasteiger partial charge in [-0.2, -0.15) is 0 Å². The van der Waals surface area contributed by atoms with Gasteiger partial charge >= 0.3 is 5.97 Å². The summed E-state index contributed by atoms with van der Waals surface area (Å²) in [6, 6.07) is 19.7. The number of amides is 1. The quantitative estimate of drug-likeness (QED) is 0.340. The second-order valence-corrected chi connectivity index (χ2v) is 7.69. The van der Waals surface area contributed by atoms with E-state index in [0.29, 0.717) is 16.3 Å². The molecule has 0 aliphatic carbocycles. The number of esters is 1. The van der Waals surface area contributed by atoms with E-state index >= 15 is 0 Å². The van der Waals surface area contributed by atoms with Gasteiger partial charge in [0.1, 0.15) is 5.75 Å². The summed E-state index contributed by atoms with van der Waals surface area (Å²) in [7, 11) is 0. The van der Waals surface area contributed by atoms with E-state index in [2.05, 4.69) is 21.2 Å². The molecule has 0 radical (unpaired) electrons. The zero-order chi connectivity index (χ0) is 22.2. The van der Waals surface area contributed by atoms with Crippen LogP contribution in [0.1, 0.15) is 20.7 Å². The lowest BCUT2D eigenvalue weighted by Gasteiger charge is -2.11. The van der Waals surface area contributed by atoms with Crippen LogP contribution in [0, 0.1) is 0 Å². The third-order valence-corrected chi connectivity index (χ3v) is 4.89. The number of benzene rings is 3. The van der Waals surface area contributed by atoms with Gasteiger partial charge in [0, 0.05) is 15.1 Å². The van der Waals surface area contributed by atoms with Crippen LogP contribution < -0.4 is 10.1 Å². The van der Waals surface area contributed by atoms with Crippen LogP contribution in [-0.4, -0.2) is 30.9 Å². The van der Waals surface area contributed by atoms with Crippen LogP contribution in [0.2, 0.25) is 5.02 Å². The monoisotopic (exact) mass is 501 g/mol. The van der Waals surface area contributed by atoms with Gasteiger partial charge in [0.25, 0.3) is 5.91 Å². The molecule has 8 heteroatoms. The molecule has 3 aromatic rings. The minimum absolute atomic E-state index is 0.131. The average molecular weight is 503 g/mol. The van der Waals surface area contributed by atoms with Crippen molar-refractivity contribution < 1.29 is 23.9 Å². The number of anilines is 1. The molecule has 6 nitrogen and oxygen atoms in total. The number of carbonyl (C=O) groups excluding carboxylic acids is 3. The lowest BCUT2D eigenvalue weighted by Crippen LogP contribution is -2.22. The van der Waals surface area contributed by atoms with Gasteiger partial charge in [-0.3, -0.25) is 9.59 Å². The molecule has 0 aliphatic heterocycles. The van der Waals surface area contributed by atoms with Crippen LogP contribution in [-0.2, 0) is 9.53 Å². The van der Waals surface area contributed by atoms with E-state index in [1.165, 1.54) is 6.07 Å². The largest absolute Gasteiger partial charge is 0.484 e. The molecule has 0 fully saturated rings. The molecule has 0 spiro atoms. The third kappa shape index (κ3) is 6.67. The third-order valence-electron chi connectivity index (χ3n) is 4.11. The van der Waals surface area contributed by atoms with Crippen LogP contribution in [0.3, 0.4) is 0 Å². The SMILES string of the molecule is O=C(COc1ccc(Cl)cc1)Nc1ccccc1C(=O)OCC(=O)c1ccc(Br)cc1. The van der Waals surface area contributed by atoms with Crippen molar-refractivity contribution in [2.24, 2.45) is 0 Å². The Morgan fingerprint density at radius 1 is 0.871 bits per heavy atom. The number of hydrogen-bond donors (Lipinski definition) is 1. The highest BCUT2D eigenvalue weighted by Gasteiger charge is 2.17. The second-order valence-electron chi connectivity index (χ2n) is 6.34. The first-order chi connectivity index (χ1) is 14.9. The number of Topliss-reactive ketones (excluding diaryl/α,β-unsaturated/α-hetero) is 1. The van der Waals surface area contributed by atoms with Gasteiger partial charge in [-0.25, -0.2) is 4.79 Å². The van der Waals surface area contributed by atoms with Crippen molar-refractivity contribution in [3.8, 4) is 5.75 Å². The van der Waals surface area contributed by atoms with Crippen molar-refractivity contribution in [3.63, 3.8) is 0 Å². The van der Waals surface area contributed by atoms with Crippen molar-refractivity contribution in [2.75, 3.05) is 18.5 Å². The number of carbonyl (C=O) groups is 3. The molecule has 3 aromatic carbocycles. The zero-order valence-corrected chi connectivity index (χ0v) is 18.5. The molecule has 31 heavy (non-hydrogen) atoms. The Kier molecular flexibility index (Phi) is 7.81. The lowest BCUT2D eigenvalue weighted by atomic mass is 10.1. The molecule has 0 heterocycles. The predicted molar refractivity (Wildman–Crippen MR) is 121 cm³/mol. The van der Waals surface area contributed by atoms with E-state index in [0.717, 1.165) is 4.47 Å². The molecule has 3 rings (SSSR count). The fourth-order valence-corrected chi connectivity index (χ4v) is 2.95. The van der Waals surface area contributed by atoms with E-state index in [1.54, 1.807) is 66.7 Å². The first-order valence-electron chi connectivity index (χ1n) is 9.15. The van der Waals surface area contributed by atoms with E-state index in [9.17, 15) is 14.4 Å². The first-order valence-corrected chi connectivity index (χ1v) is 10.3. The molecule has 1 amide bonds. The summed E-state index contributed by atoms with van der Waals surface area (Å²) in [5.41, 5.74) is 0.816. The predicted octanol–water partition coefficient (Wildman–Crippen LogP) is 5.16. The van der Waals surface area contributed by atoms with Gasteiger partial charge in [0.15, 0.2) is 19.0 Å². The molecular weight excluding hydrogens is 486 g/mol. The fraction of sp³-hybridized carbons (Fsp3) is 0.0870. The van der Waals surface area contributed by atoms with Crippen LogP contribution in [0.15, 0.2) is 77.3 Å². The van der Waals surface area contributed by atoms with Crippen molar-refractivity contribution in [2.45, 2.75) is 0 Å². The Hall–Kier alpha value is -3.16. The summed E-state index contributed by atoms with van der Waals surface area (Å²) in [5.74, 6) is -1.03. The average Bonchev–Trinajstić information content (AvgIpc) is 2.77. The Balaban J connectivity index is 1.57. The molecule has 1 N–H and O–H groups in total. The van der Waals surface area contributed by atoms with Crippen LogP contribution >= 0.6 is 27.5 Å². The lowest BCUT2D eigenvalue weighted by molar-refractivity contribution is -0.118. The molecule has 0 saturated carbocycles. The smallest absolute Gasteiger partial charge is 0.340 e. The number of halogens is 2. The number of nitrogens with one attached hydrogen (secondary N) is 1. The summed E-state index contributed by atoms with van der Waals surface area (Å²) in [6.07, 6.45) is 0. The van der Waals surface area contributed by atoms with Gasteiger partial charge in [0.05, 0.1) is 11.3 Å². The molecular formula is C23H17BrClNO5. The van der Waals surface area contributed by atoms with Crippen molar-refractivity contribution in [3.05, 3.63) is 93.4 Å². The van der Waals surface area contributed by atoms with Gasteiger partial charge in [0.2, 0.25) is 0 Å². The maximum absolute atomic E-state index is 12.5. The molecule has 0 aromatic heterocycles. The number of hydrogen-bond acceptors (Lipinski definition) is 5. The van der Waals surface area contributed by atoms with Gasteiger partial charge < -0.3 is 14.8 Å². The maximum atomic E-state index is 12.5. The van der Waals surface area contributed by atoms with Crippen molar-refractivity contribution >= 4 is 50.9 Å². The summed E-state index contributed by atoms with van der Waals surface area (Å²) < 4.78 is 11.4. The van der Waals surface area contributed by atoms with E-state index in [-0.39, 0.29) is 23.6 Å². The number of para-hydroxylation sites is 1. The molecule has 0 atom stereocenters. The highest BCUT2D eigenvalue weighted by atomic mass is 79.9. The number of ketones is 1. The second kappa shape index (κ2) is 10.7. The first kappa shape index (κ1) is 22.5. The van der Waals surface area contributed by atoms with Crippen molar-refractivity contribution in [1.29, 1.82) is 0 Å². The van der Waals surface area contributed by atoms with Crippen LogP contribution in [0.5, 0.6) is 5.75 Å². The van der Waals surface area contributed by atoms with Crippen LogP contribution in [0.4, 0.5) is 5.69 Å². The summed E-state index contributed by atoms with van der Waals surface area (Å²) in [5, 5.41) is 3.18. The zero-order valence-electron chi connectivity index (χ0n) is 16.1. The van der Waals surface area contributed by atoms with Crippen LogP contribution in [0.25, 0.3) is 0 Å². The van der Waals surface area contributed by atoms with Gasteiger partial charge in [-0.15, -0.1) is 0 Å². The Labute approximate surface area is 192 Å². The van der Waals surface area contributed by atoms with Crippen molar-refractivity contribution in [1.82, 2.24) is 0 Å². The summed E-state index contributed by atoms with van der Waals surface area (Å²) in [4.78, 5) is 36.9. The van der Waals surface area contributed by atoms with Gasteiger partial charge in [-0.1, -0.05) is 51.8 Å². The minimum Gasteiger partial charge on any atom is -0.484 e. The Morgan fingerprint density at radius 2 is 1.55 bits per heavy atom.